The van der Waals surface area contributed by atoms with Gasteiger partial charge < -0.3 is 10.1 Å². The Balaban J connectivity index is 3.05. The van der Waals surface area contributed by atoms with Crippen LogP contribution in [0.4, 0.5) is 0 Å². The molecule has 0 aliphatic carbocycles. The Labute approximate surface area is 88.4 Å². The molecule has 2 rings (SSSR count). The molecule has 3 N–H and O–H groups in total. The molecule has 5 nitrogen and oxygen atoms in total. The lowest BCUT2D eigenvalue weighted by Crippen LogP contribution is -2.12. The molecule has 1 aromatic carbocycles. The van der Waals surface area contributed by atoms with Crippen molar-refractivity contribution in [3.8, 4) is 0 Å². The van der Waals surface area contributed by atoms with Gasteiger partial charge in [0.05, 0.1) is 16.5 Å². The number of fused-ring (bicyclic) bond motifs is 1. The summed E-state index contributed by atoms with van der Waals surface area (Å²) in [5.41, 5.74) is -0.115. The third-order valence-electron chi connectivity index (χ3n) is 2.00. The highest BCUT2D eigenvalue weighted by atomic mass is 32.1. The van der Waals surface area contributed by atoms with Gasteiger partial charge in [0.15, 0.2) is 4.77 Å². The standard InChI is InChI=1S/C9H6N2O3S/c12-7-6-4(8(13)14)2-1-3-5(6)10-9(15)11-7/h1-3H,(H,13,14)(H2,10,11,12,15). The summed E-state index contributed by atoms with van der Waals surface area (Å²) >= 11 is 4.78. The zero-order valence-corrected chi connectivity index (χ0v) is 8.22. The number of benzene rings is 1. The number of nitrogens with one attached hydrogen (secondary N) is 2. The number of hydrogen-bond donors (Lipinski definition) is 3. The third kappa shape index (κ3) is 1.55. The fourth-order valence-electron chi connectivity index (χ4n) is 1.40. The van der Waals surface area contributed by atoms with Crippen LogP contribution in [0.2, 0.25) is 0 Å². The number of hydrogen-bond acceptors (Lipinski definition) is 3. The zero-order valence-electron chi connectivity index (χ0n) is 7.40. The molecule has 0 saturated heterocycles. The second-order valence-corrected chi connectivity index (χ2v) is 3.35. The lowest BCUT2D eigenvalue weighted by atomic mass is 10.1. The van der Waals surface area contributed by atoms with Crippen LogP contribution in [0.3, 0.4) is 0 Å². The average Bonchev–Trinajstić information content (AvgIpc) is 2.16. The molecule has 0 fully saturated rings. The first-order valence-electron chi connectivity index (χ1n) is 4.08. The summed E-state index contributed by atoms with van der Waals surface area (Å²) in [7, 11) is 0. The number of rotatable bonds is 1. The molecule has 0 bridgehead atoms. The molecule has 0 atom stereocenters. The largest absolute Gasteiger partial charge is 0.478 e. The maximum absolute atomic E-state index is 11.5. The minimum atomic E-state index is -1.14. The quantitative estimate of drug-likeness (QED) is 0.634. The smallest absolute Gasteiger partial charge is 0.336 e. The van der Waals surface area contributed by atoms with Crippen LogP contribution in [0, 0.1) is 4.77 Å². The molecule has 0 spiro atoms. The number of carboxylic acid groups (broad SMARTS) is 1. The first-order valence-corrected chi connectivity index (χ1v) is 4.49. The fourth-order valence-corrected chi connectivity index (χ4v) is 1.60. The van der Waals surface area contributed by atoms with Gasteiger partial charge in [-0.25, -0.2) is 4.79 Å². The van der Waals surface area contributed by atoms with E-state index in [9.17, 15) is 9.59 Å². The SMILES string of the molecule is O=C(O)c1cccc2[nH]c(=S)[nH]c(=O)c12. The summed E-state index contributed by atoms with van der Waals surface area (Å²) in [6.07, 6.45) is 0. The monoisotopic (exact) mass is 222 g/mol. The fraction of sp³-hybridized carbons (Fsp3) is 0. The number of H-pyrrole nitrogens is 2. The lowest BCUT2D eigenvalue weighted by molar-refractivity contribution is 0.0699. The van der Waals surface area contributed by atoms with E-state index < -0.39 is 11.5 Å². The molecule has 15 heavy (non-hydrogen) atoms. The first kappa shape index (κ1) is 9.60. The minimum Gasteiger partial charge on any atom is -0.478 e. The van der Waals surface area contributed by atoms with Gasteiger partial charge in [-0.3, -0.25) is 9.78 Å². The molecule has 2 aromatic rings. The molecule has 0 aliphatic heterocycles. The van der Waals surface area contributed by atoms with Gasteiger partial charge in [0, 0.05) is 0 Å². The molecule has 0 amide bonds. The van der Waals surface area contributed by atoms with Crippen LogP contribution in [0.15, 0.2) is 23.0 Å². The number of aromatic carboxylic acids is 1. The van der Waals surface area contributed by atoms with Gasteiger partial charge in [0.2, 0.25) is 0 Å². The summed E-state index contributed by atoms with van der Waals surface area (Å²) in [5, 5.41) is 8.99. The van der Waals surface area contributed by atoms with E-state index in [4.69, 9.17) is 17.3 Å². The summed E-state index contributed by atoms with van der Waals surface area (Å²) < 4.78 is 0.176. The predicted molar refractivity (Wildman–Crippen MR) is 56.7 cm³/mol. The van der Waals surface area contributed by atoms with Crippen LogP contribution in [0.5, 0.6) is 0 Å². The predicted octanol–water partition coefficient (Wildman–Crippen LogP) is 1.28. The summed E-state index contributed by atoms with van der Waals surface area (Å²) in [5.74, 6) is -1.14. The molecule has 76 valence electrons. The van der Waals surface area contributed by atoms with Crippen molar-refractivity contribution >= 4 is 29.1 Å². The molecule has 1 aromatic heterocycles. The van der Waals surface area contributed by atoms with Gasteiger partial charge in [-0.05, 0) is 24.4 Å². The molecule has 0 aliphatic rings. The molecule has 6 heteroatoms. The number of carbonyl (C=O) groups is 1. The van der Waals surface area contributed by atoms with Crippen molar-refractivity contribution in [2.24, 2.45) is 0 Å². The topological polar surface area (TPSA) is 85.9 Å². The Morgan fingerprint density at radius 2 is 2.07 bits per heavy atom. The second kappa shape index (κ2) is 3.32. The van der Waals surface area contributed by atoms with E-state index in [1.54, 1.807) is 12.1 Å². The van der Waals surface area contributed by atoms with Crippen molar-refractivity contribution in [3.63, 3.8) is 0 Å². The summed E-state index contributed by atoms with van der Waals surface area (Å²) in [6.45, 7) is 0. The second-order valence-electron chi connectivity index (χ2n) is 2.94. The zero-order chi connectivity index (χ0) is 11.0. The Bertz CT molecular complexity index is 656. The van der Waals surface area contributed by atoms with Gasteiger partial charge in [0.25, 0.3) is 5.56 Å². The number of carboxylic acids is 1. The number of aromatic amines is 2. The average molecular weight is 222 g/mol. The Morgan fingerprint density at radius 1 is 1.33 bits per heavy atom. The van der Waals surface area contributed by atoms with E-state index in [2.05, 4.69) is 9.97 Å². The van der Waals surface area contributed by atoms with Gasteiger partial charge in [-0.2, -0.15) is 0 Å². The molecular weight excluding hydrogens is 216 g/mol. The minimum absolute atomic E-state index is 0.0417. The number of aromatic nitrogens is 2. The Kier molecular flexibility index (Phi) is 2.12. The van der Waals surface area contributed by atoms with Crippen LogP contribution < -0.4 is 5.56 Å². The molecule has 0 radical (unpaired) electrons. The Morgan fingerprint density at radius 3 is 2.73 bits per heavy atom. The third-order valence-corrected chi connectivity index (χ3v) is 2.20. The lowest BCUT2D eigenvalue weighted by Gasteiger charge is -2.00. The van der Waals surface area contributed by atoms with Gasteiger partial charge >= 0.3 is 5.97 Å². The maximum atomic E-state index is 11.5. The highest BCUT2D eigenvalue weighted by Gasteiger charge is 2.11. The van der Waals surface area contributed by atoms with Crippen molar-refractivity contribution in [1.82, 2.24) is 9.97 Å². The van der Waals surface area contributed by atoms with Crippen LogP contribution in [-0.4, -0.2) is 21.0 Å². The van der Waals surface area contributed by atoms with E-state index in [1.165, 1.54) is 6.07 Å². The van der Waals surface area contributed by atoms with E-state index in [1.807, 2.05) is 0 Å². The normalized spacial score (nSPS) is 10.4. The van der Waals surface area contributed by atoms with Gasteiger partial charge in [-0.15, -0.1) is 0 Å². The van der Waals surface area contributed by atoms with Crippen molar-refractivity contribution in [2.45, 2.75) is 0 Å². The first-order chi connectivity index (χ1) is 7.09. The summed E-state index contributed by atoms with van der Waals surface area (Å²) in [4.78, 5) is 27.4. The van der Waals surface area contributed by atoms with Crippen LogP contribution in [0.1, 0.15) is 10.4 Å². The highest BCUT2D eigenvalue weighted by molar-refractivity contribution is 7.71. The van der Waals surface area contributed by atoms with Gasteiger partial charge in [-0.1, -0.05) is 6.07 Å². The highest BCUT2D eigenvalue weighted by Crippen LogP contribution is 2.11. The van der Waals surface area contributed by atoms with Crippen LogP contribution in [-0.2, 0) is 0 Å². The van der Waals surface area contributed by atoms with Crippen molar-refractivity contribution < 1.29 is 9.90 Å². The Hall–Kier alpha value is -1.95. The van der Waals surface area contributed by atoms with Crippen molar-refractivity contribution in [3.05, 3.63) is 38.9 Å². The maximum Gasteiger partial charge on any atom is 0.336 e. The molecular formula is C9H6N2O3S. The van der Waals surface area contributed by atoms with Crippen molar-refractivity contribution in [2.75, 3.05) is 0 Å². The van der Waals surface area contributed by atoms with Crippen LogP contribution in [0.25, 0.3) is 10.9 Å². The van der Waals surface area contributed by atoms with E-state index in [-0.39, 0.29) is 15.7 Å². The van der Waals surface area contributed by atoms with Crippen LogP contribution >= 0.6 is 12.2 Å². The summed E-state index contributed by atoms with van der Waals surface area (Å²) in [6, 6.07) is 4.53. The molecule has 1 heterocycles. The molecule has 0 saturated carbocycles. The van der Waals surface area contributed by atoms with Crippen molar-refractivity contribution in [1.29, 1.82) is 0 Å². The van der Waals surface area contributed by atoms with Gasteiger partial charge in [0.1, 0.15) is 0 Å². The van der Waals surface area contributed by atoms with E-state index >= 15 is 0 Å². The van der Waals surface area contributed by atoms with E-state index in [0.717, 1.165) is 0 Å². The molecule has 0 unspecified atom stereocenters. The van der Waals surface area contributed by atoms with E-state index in [0.29, 0.717) is 5.52 Å².